The van der Waals surface area contributed by atoms with Crippen molar-refractivity contribution in [3.8, 4) is 0 Å². The van der Waals surface area contributed by atoms with Crippen LogP contribution < -0.4 is 10.0 Å². The summed E-state index contributed by atoms with van der Waals surface area (Å²) in [7, 11) is -3.12. The molecule has 0 atom stereocenters. The lowest BCUT2D eigenvalue weighted by Crippen LogP contribution is -2.48. The van der Waals surface area contributed by atoms with E-state index < -0.39 is 10.0 Å². The SMILES string of the molecule is CCOC1CC(NS(=O)(=O)CCCNC(C)C)C1. The minimum absolute atomic E-state index is 0.0737. The molecule has 0 saturated heterocycles. The van der Waals surface area contributed by atoms with Crippen molar-refractivity contribution in [3.63, 3.8) is 0 Å². The molecule has 1 fully saturated rings. The molecule has 1 saturated carbocycles. The van der Waals surface area contributed by atoms with Gasteiger partial charge in [0.1, 0.15) is 0 Å². The van der Waals surface area contributed by atoms with Crippen LogP contribution in [0, 0.1) is 0 Å². The van der Waals surface area contributed by atoms with Crippen molar-refractivity contribution in [2.75, 3.05) is 18.9 Å². The number of hydrogen-bond donors (Lipinski definition) is 2. The summed E-state index contributed by atoms with van der Waals surface area (Å²) in [5.74, 6) is 0.197. The van der Waals surface area contributed by atoms with Crippen molar-refractivity contribution >= 4 is 10.0 Å². The highest BCUT2D eigenvalue weighted by Crippen LogP contribution is 2.23. The Morgan fingerprint density at radius 2 is 2.00 bits per heavy atom. The molecule has 6 heteroatoms. The van der Waals surface area contributed by atoms with E-state index in [9.17, 15) is 8.42 Å². The lowest BCUT2D eigenvalue weighted by molar-refractivity contribution is -0.00475. The van der Waals surface area contributed by atoms with Crippen LogP contribution in [0.25, 0.3) is 0 Å². The Kier molecular flexibility index (Phi) is 6.55. The number of rotatable bonds is 9. The van der Waals surface area contributed by atoms with Crippen molar-refractivity contribution in [2.45, 2.75) is 58.2 Å². The number of ether oxygens (including phenoxy) is 1. The minimum Gasteiger partial charge on any atom is -0.378 e. The van der Waals surface area contributed by atoms with E-state index >= 15 is 0 Å². The molecule has 5 nitrogen and oxygen atoms in total. The first-order valence-corrected chi connectivity index (χ1v) is 8.43. The van der Waals surface area contributed by atoms with Gasteiger partial charge in [0.2, 0.25) is 10.0 Å². The molecule has 0 bridgehead atoms. The van der Waals surface area contributed by atoms with Gasteiger partial charge in [0.05, 0.1) is 11.9 Å². The second-order valence-corrected chi connectivity index (χ2v) is 7.02. The summed E-state index contributed by atoms with van der Waals surface area (Å²) in [6.07, 6.45) is 2.49. The van der Waals surface area contributed by atoms with Crippen LogP contribution in [0.15, 0.2) is 0 Å². The van der Waals surface area contributed by atoms with E-state index in [1.165, 1.54) is 0 Å². The Bertz CT molecular complexity index is 324. The molecule has 2 N–H and O–H groups in total. The molecule has 0 radical (unpaired) electrons. The van der Waals surface area contributed by atoms with Gasteiger partial charge in [-0.1, -0.05) is 13.8 Å². The molecule has 0 aromatic heterocycles. The standard InChI is InChI=1S/C12H26N2O3S/c1-4-17-12-8-11(9-12)14-18(15,16)7-5-6-13-10(2)3/h10-14H,4-9H2,1-3H3. The smallest absolute Gasteiger partial charge is 0.211 e. The summed E-state index contributed by atoms with van der Waals surface area (Å²) in [4.78, 5) is 0. The van der Waals surface area contributed by atoms with Gasteiger partial charge in [0.15, 0.2) is 0 Å². The van der Waals surface area contributed by atoms with Gasteiger partial charge in [-0.15, -0.1) is 0 Å². The highest BCUT2D eigenvalue weighted by molar-refractivity contribution is 7.89. The molecule has 0 heterocycles. The molecule has 0 spiro atoms. The molecule has 0 aliphatic heterocycles. The molecule has 18 heavy (non-hydrogen) atoms. The molecule has 0 unspecified atom stereocenters. The predicted octanol–water partition coefficient (Wildman–Crippen LogP) is 0.861. The van der Waals surface area contributed by atoms with E-state index in [2.05, 4.69) is 23.9 Å². The normalized spacial score (nSPS) is 24.2. The lowest BCUT2D eigenvalue weighted by Gasteiger charge is -2.35. The van der Waals surface area contributed by atoms with Crippen molar-refractivity contribution < 1.29 is 13.2 Å². The van der Waals surface area contributed by atoms with Crippen LogP contribution in [0.4, 0.5) is 0 Å². The van der Waals surface area contributed by atoms with Gasteiger partial charge in [0.25, 0.3) is 0 Å². The van der Waals surface area contributed by atoms with Crippen molar-refractivity contribution in [1.29, 1.82) is 0 Å². The zero-order valence-electron chi connectivity index (χ0n) is 11.6. The summed E-state index contributed by atoms with van der Waals surface area (Å²) < 4.78 is 31.7. The number of sulfonamides is 1. The fourth-order valence-electron chi connectivity index (χ4n) is 2.00. The molecule has 1 rings (SSSR count). The topological polar surface area (TPSA) is 67.4 Å². The summed E-state index contributed by atoms with van der Waals surface area (Å²) in [5, 5.41) is 3.21. The van der Waals surface area contributed by atoms with Gasteiger partial charge < -0.3 is 10.1 Å². The predicted molar refractivity (Wildman–Crippen MR) is 73.1 cm³/mol. The zero-order chi connectivity index (χ0) is 13.6. The first-order chi connectivity index (χ1) is 8.43. The third-order valence-corrected chi connectivity index (χ3v) is 4.50. The Morgan fingerprint density at radius 1 is 1.33 bits per heavy atom. The summed E-state index contributed by atoms with van der Waals surface area (Å²) in [6, 6.07) is 0.476. The molecular weight excluding hydrogens is 252 g/mol. The highest BCUT2D eigenvalue weighted by atomic mass is 32.2. The van der Waals surface area contributed by atoms with Crippen molar-refractivity contribution in [1.82, 2.24) is 10.0 Å². The van der Waals surface area contributed by atoms with Crippen LogP contribution in [0.5, 0.6) is 0 Å². The summed E-state index contributed by atoms with van der Waals surface area (Å²) in [6.45, 7) is 7.50. The zero-order valence-corrected chi connectivity index (χ0v) is 12.4. The lowest BCUT2D eigenvalue weighted by atomic mass is 9.90. The van der Waals surface area contributed by atoms with Crippen LogP contribution in [-0.2, 0) is 14.8 Å². The van der Waals surface area contributed by atoms with Crippen LogP contribution in [0.1, 0.15) is 40.0 Å². The Balaban J connectivity index is 2.13. The van der Waals surface area contributed by atoms with Crippen LogP contribution in [0.3, 0.4) is 0 Å². The van der Waals surface area contributed by atoms with Crippen molar-refractivity contribution in [3.05, 3.63) is 0 Å². The van der Waals surface area contributed by atoms with E-state index in [-0.39, 0.29) is 17.9 Å². The number of nitrogens with one attached hydrogen (secondary N) is 2. The molecule has 0 aromatic carbocycles. The maximum atomic E-state index is 11.8. The monoisotopic (exact) mass is 278 g/mol. The van der Waals surface area contributed by atoms with Crippen molar-refractivity contribution in [2.24, 2.45) is 0 Å². The quantitative estimate of drug-likeness (QED) is 0.614. The van der Waals surface area contributed by atoms with Gasteiger partial charge in [-0.25, -0.2) is 13.1 Å². The largest absolute Gasteiger partial charge is 0.378 e. The van der Waals surface area contributed by atoms with Gasteiger partial charge in [0, 0.05) is 18.7 Å². The molecule has 0 amide bonds. The van der Waals surface area contributed by atoms with E-state index in [4.69, 9.17) is 4.74 Å². The Morgan fingerprint density at radius 3 is 2.56 bits per heavy atom. The summed E-state index contributed by atoms with van der Waals surface area (Å²) in [5.41, 5.74) is 0. The highest BCUT2D eigenvalue weighted by Gasteiger charge is 2.32. The molecular formula is C12H26N2O3S. The average molecular weight is 278 g/mol. The van der Waals surface area contributed by atoms with E-state index in [0.29, 0.717) is 19.1 Å². The maximum absolute atomic E-state index is 11.8. The van der Waals surface area contributed by atoms with Crippen LogP contribution in [-0.4, -0.2) is 45.5 Å². The van der Waals surface area contributed by atoms with Crippen LogP contribution >= 0.6 is 0 Å². The fraction of sp³-hybridized carbons (Fsp3) is 1.00. The molecule has 0 aromatic rings. The van der Waals surface area contributed by atoms with E-state index in [0.717, 1.165) is 19.4 Å². The minimum atomic E-state index is -3.12. The first kappa shape index (κ1) is 15.9. The summed E-state index contributed by atoms with van der Waals surface area (Å²) >= 11 is 0. The average Bonchev–Trinajstić information content (AvgIpc) is 2.21. The molecule has 1 aliphatic carbocycles. The molecule has 1 aliphatic rings. The fourth-order valence-corrected chi connectivity index (χ4v) is 3.34. The third kappa shape index (κ3) is 6.13. The van der Waals surface area contributed by atoms with Gasteiger partial charge in [-0.2, -0.15) is 0 Å². The first-order valence-electron chi connectivity index (χ1n) is 6.78. The molecule has 108 valence electrons. The number of hydrogen-bond acceptors (Lipinski definition) is 4. The maximum Gasteiger partial charge on any atom is 0.211 e. The van der Waals surface area contributed by atoms with Gasteiger partial charge >= 0.3 is 0 Å². The van der Waals surface area contributed by atoms with Crippen LogP contribution in [0.2, 0.25) is 0 Å². The Hall–Kier alpha value is -0.170. The van der Waals surface area contributed by atoms with E-state index in [1.807, 2.05) is 6.92 Å². The second kappa shape index (κ2) is 7.43. The second-order valence-electron chi connectivity index (χ2n) is 5.14. The van der Waals surface area contributed by atoms with Gasteiger partial charge in [-0.05, 0) is 32.7 Å². The van der Waals surface area contributed by atoms with E-state index in [1.54, 1.807) is 0 Å². The van der Waals surface area contributed by atoms with Gasteiger partial charge in [-0.3, -0.25) is 0 Å². The third-order valence-electron chi connectivity index (χ3n) is 2.99. The Labute approximate surface area is 111 Å².